The summed E-state index contributed by atoms with van der Waals surface area (Å²) >= 11 is 1.74. The standard InChI is InChI=1S/C5H10N2OS.C2H6/c1-7-3-9-2-4(7)5(6)8;1-2/h4H,2-3H2,1H3,(H2,6,8);1-2H3. The van der Waals surface area contributed by atoms with Crippen molar-refractivity contribution in [3.05, 3.63) is 0 Å². The van der Waals surface area contributed by atoms with Crippen molar-refractivity contribution in [2.75, 3.05) is 18.7 Å². The zero-order valence-corrected chi connectivity index (χ0v) is 8.15. The summed E-state index contributed by atoms with van der Waals surface area (Å²) in [5.74, 6) is 1.57. The van der Waals surface area contributed by atoms with Crippen LogP contribution in [0.4, 0.5) is 0 Å². The van der Waals surface area contributed by atoms with Crippen molar-refractivity contribution in [3.63, 3.8) is 0 Å². The zero-order chi connectivity index (χ0) is 8.85. The molecule has 0 aromatic heterocycles. The fraction of sp³-hybridized carbons (Fsp3) is 0.857. The van der Waals surface area contributed by atoms with Crippen LogP contribution in [0.5, 0.6) is 0 Å². The van der Waals surface area contributed by atoms with Crippen LogP contribution in [0.2, 0.25) is 0 Å². The van der Waals surface area contributed by atoms with Crippen LogP contribution in [-0.2, 0) is 4.79 Å². The third-order valence-corrected chi connectivity index (χ3v) is 2.57. The minimum absolute atomic E-state index is 0.0324. The summed E-state index contributed by atoms with van der Waals surface area (Å²) in [6, 6.07) is -0.0324. The molecular weight excluding hydrogens is 160 g/mol. The third-order valence-electron chi connectivity index (χ3n) is 1.43. The Hall–Kier alpha value is -0.220. The van der Waals surface area contributed by atoms with Gasteiger partial charge < -0.3 is 5.73 Å². The predicted molar refractivity (Wildman–Crippen MR) is 49.4 cm³/mol. The van der Waals surface area contributed by atoms with Crippen LogP contribution in [0.25, 0.3) is 0 Å². The molecule has 1 amide bonds. The lowest BCUT2D eigenvalue weighted by atomic mass is 10.3. The highest BCUT2D eigenvalue weighted by atomic mass is 32.2. The van der Waals surface area contributed by atoms with E-state index in [-0.39, 0.29) is 11.9 Å². The van der Waals surface area contributed by atoms with Crippen LogP contribution in [0.15, 0.2) is 0 Å². The molecule has 1 atom stereocenters. The Bertz CT molecular complexity index is 130. The van der Waals surface area contributed by atoms with Gasteiger partial charge in [-0.05, 0) is 7.05 Å². The molecule has 0 aromatic rings. The summed E-state index contributed by atoms with van der Waals surface area (Å²) in [4.78, 5) is 12.5. The van der Waals surface area contributed by atoms with Gasteiger partial charge in [-0.1, -0.05) is 13.8 Å². The first-order valence-corrected chi connectivity index (χ1v) is 4.94. The van der Waals surface area contributed by atoms with Crippen LogP contribution in [0.3, 0.4) is 0 Å². The van der Waals surface area contributed by atoms with Crippen molar-refractivity contribution < 1.29 is 4.79 Å². The molecule has 1 heterocycles. The molecule has 0 aromatic carbocycles. The fourth-order valence-corrected chi connectivity index (χ4v) is 2.04. The van der Waals surface area contributed by atoms with Crippen molar-refractivity contribution in [2.45, 2.75) is 19.9 Å². The van der Waals surface area contributed by atoms with Gasteiger partial charge in [-0.25, -0.2) is 0 Å². The molecule has 2 N–H and O–H groups in total. The van der Waals surface area contributed by atoms with E-state index in [0.717, 1.165) is 11.6 Å². The Balaban J connectivity index is 0.000000461. The van der Waals surface area contributed by atoms with E-state index in [9.17, 15) is 4.79 Å². The Labute approximate surface area is 72.3 Å². The Morgan fingerprint density at radius 3 is 2.36 bits per heavy atom. The maximum absolute atomic E-state index is 10.6. The summed E-state index contributed by atoms with van der Waals surface area (Å²) in [7, 11) is 1.91. The second kappa shape index (κ2) is 5.43. The van der Waals surface area contributed by atoms with E-state index in [4.69, 9.17) is 5.73 Å². The molecular formula is C7H16N2OS. The van der Waals surface area contributed by atoms with E-state index in [1.165, 1.54) is 0 Å². The number of primary amides is 1. The number of carbonyl (C=O) groups excluding carboxylic acids is 1. The molecule has 66 valence electrons. The molecule has 0 spiro atoms. The number of nitrogens with zero attached hydrogens (tertiary/aromatic N) is 1. The number of carbonyl (C=O) groups is 1. The van der Waals surface area contributed by atoms with E-state index in [2.05, 4.69) is 0 Å². The van der Waals surface area contributed by atoms with Crippen LogP contribution in [0, 0.1) is 0 Å². The van der Waals surface area contributed by atoms with Crippen LogP contribution >= 0.6 is 11.8 Å². The highest BCUT2D eigenvalue weighted by Crippen LogP contribution is 2.17. The van der Waals surface area contributed by atoms with E-state index in [1.807, 2.05) is 25.8 Å². The normalized spacial score (nSPS) is 24.1. The number of nitrogens with two attached hydrogens (primary N) is 1. The Morgan fingerprint density at radius 1 is 1.64 bits per heavy atom. The van der Waals surface area contributed by atoms with Gasteiger partial charge in [0.05, 0.1) is 6.04 Å². The number of hydrogen-bond donors (Lipinski definition) is 1. The van der Waals surface area contributed by atoms with Crippen molar-refractivity contribution in [1.82, 2.24) is 4.90 Å². The molecule has 0 bridgehead atoms. The summed E-state index contributed by atoms with van der Waals surface area (Å²) in [5.41, 5.74) is 5.09. The molecule has 0 aliphatic carbocycles. The van der Waals surface area contributed by atoms with Crippen LogP contribution in [0.1, 0.15) is 13.8 Å². The minimum Gasteiger partial charge on any atom is -0.368 e. The van der Waals surface area contributed by atoms with E-state index in [1.54, 1.807) is 11.8 Å². The number of amides is 1. The lowest BCUT2D eigenvalue weighted by Crippen LogP contribution is -2.39. The quantitative estimate of drug-likeness (QED) is 0.633. The first-order valence-electron chi connectivity index (χ1n) is 3.79. The monoisotopic (exact) mass is 176 g/mol. The van der Waals surface area contributed by atoms with Crippen LogP contribution in [-0.4, -0.2) is 35.5 Å². The smallest absolute Gasteiger partial charge is 0.235 e. The maximum atomic E-state index is 10.6. The molecule has 0 saturated carbocycles. The molecule has 1 fully saturated rings. The predicted octanol–water partition coefficient (Wildman–Crippen LogP) is 0.503. The topological polar surface area (TPSA) is 46.3 Å². The van der Waals surface area contributed by atoms with Crippen molar-refractivity contribution in [3.8, 4) is 0 Å². The van der Waals surface area contributed by atoms with Gasteiger partial charge in [0, 0.05) is 11.6 Å². The van der Waals surface area contributed by atoms with Gasteiger partial charge in [0.2, 0.25) is 5.91 Å². The number of likely N-dealkylation sites (N-methyl/N-ethyl adjacent to an activating group) is 1. The van der Waals surface area contributed by atoms with E-state index >= 15 is 0 Å². The SMILES string of the molecule is CC.CN1CSCC1C(N)=O. The summed E-state index contributed by atoms with van der Waals surface area (Å²) in [6.45, 7) is 4.00. The van der Waals surface area contributed by atoms with E-state index < -0.39 is 0 Å². The molecule has 1 unspecified atom stereocenters. The van der Waals surface area contributed by atoms with Gasteiger partial charge in [0.15, 0.2) is 0 Å². The zero-order valence-electron chi connectivity index (χ0n) is 7.33. The number of rotatable bonds is 1. The van der Waals surface area contributed by atoms with Gasteiger partial charge >= 0.3 is 0 Å². The summed E-state index contributed by atoms with van der Waals surface area (Å²) < 4.78 is 0. The Kier molecular flexibility index (Phi) is 5.32. The largest absolute Gasteiger partial charge is 0.368 e. The van der Waals surface area contributed by atoms with Gasteiger partial charge in [-0.2, -0.15) is 0 Å². The minimum atomic E-state index is -0.206. The second-order valence-corrected chi connectivity index (χ2v) is 3.17. The van der Waals surface area contributed by atoms with Crippen molar-refractivity contribution >= 4 is 17.7 Å². The van der Waals surface area contributed by atoms with Gasteiger partial charge in [-0.3, -0.25) is 9.69 Å². The third kappa shape index (κ3) is 3.12. The summed E-state index contributed by atoms with van der Waals surface area (Å²) in [6.07, 6.45) is 0. The maximum Gasteiger partial charge on any atom is 0.235 e. The first kappa shape index (κ1) is 10.8. The molecule has 1 aliphatic heterocycles. The molecule has 4 heteroatoms. The molecule has 11 heavy (non-hydrogen) atoms. The molecule has 3 nitrogen and oxygen atoms in total. The van der Waals surface area contributed by atoms with E-state index in [0.29, 0.717) is 0 Å². The molecule has 0 radical (unpaired) electrons. The highest BCUT2D eigenvalue weighted by Gasteiger charge is 2.25. The number of hydrogen-bond acceptors (Lipinski definition) is 3. The average molecular weight is 176 g/mol. The number of thioether (sulfide) groups is 1. The van der Waals surface area contributed by atoms with Crippen molar-refractivity contribution in [1.29, 1.82) is 0 Å². The molecule has 1 aliphatic rings. The Morgan fingerprint density at radius 2 is 2.18 bits per heavy atom. The van der Waals surface area contributed by atoms with Gasteiger partial charge in [0.1, 0.15) is 0 Å². The highest BCUT2D eigenvalue weighted by molar-refractivity contribution is 7.99. The second-order valence-electron chi connectivity index (χ2n) is 2.18. The lowest BCUT2D eigenvalue weighted by molar-refractivity contribution is -0.121. The van der Waals surface area contributed by atoms with Gasteiger partial charge in [0.25, 0.3) is 0 Å². The van der Waals surface area contributed by atoms with Gasteiger partial charge in [-0.15, -0.1) is 11.8 Å². The molecule has 1 rings (SSSR count). The fourth-order valence-electron chi connectivity index (χ4n) is 0.825. The summed E-state index contributed by atoms with van der Waals surface area (Å²) in [5, 5.41) is 0. The average Bonchev–Trinajstić information content (AvgIpc) is 2.39. The lowest BCUT2D eigenvalue weighted by Gasteiger charge is -2.13. The van der Waals surface area contributed by atoms with Crippen molar-refractivity contribution in [2.24, 2.45) is 5.73 Å². The first-order chi connectivity index (χ1) is 5.22. The molecule has 1 saturated heterocycles. The van der Waals surface area contributed by atoms with Crippen LogP contribution < -0.4 is 5.73 Å².